The molecule has 0 radical (unpaired) electrons. The lowest BCUT2D eigenvalue weighted by Crippen LogP contribution is -2.36. The Labute approximate surface area is 124 Å². The molecule has 2 aromatic heterocycles. The van der Waals surface area contributed by atoms with Crippen LogP contribution in [0.1, 0.15) is 29.8 Å². The van der Waals surface area contributed by atoms with Gasteiger partial charge in [0.2, 0.25) is 0 Å². The van der Waals surface area contributed by atoms with E-state index in [1.807, 2.05) is 17.1 Å². The largest absolute Gasteiger partial charge is 0.384 e. The molecule has 2 aromatic rings. The van der Waals surface area contributed by atoms with Gasteiger partial charge >= 0.3 is 0 Å². The fourth-order valence-corrected chi connectivity index (χ4v) is 3.02. The van der Waals surface area contributed by atoms with Gasteiger partial charge in [0.25, 0.3) is 0 Å². The van der Waals surface area contributed by atoms with Crippen LogP contribution in [0.3, 0.4) is 0 Å². The number of methoxy groups -OCH3 is 1. The number of pyridine rings is 1. The van der Waals surface area contributed by atoms with Gasteiger partial charge < -0.3 is 4.74 Å². The van der Waals surface area contributed by atoms with Crippen molar-refractivity contribution in [2.24, 2.45) is 0 Å². The second-order valence-corrected chi connectivity index (χ2v) is 5.41. The van der Waals surface area contributed by atoms with Crippen molar-refractivity contribution in [1.29, 1.82) is 0 Å². The van der Waals surface area contributed by atoms with Crippen LogP contribution in [0.25, 0.3) is 0 Å². The summed E-state index contributed by atoms with van der Waals surface area (Å²) in [5.41, 5.74) is 3.59. The summed E-state index contributed by atoms with van der Waals surface area (Å²) in [4.78, 5) is 6.47. The maximum absolute atomic E-state index is 5.40. The van der Waals surface area contributed by atoms with Crippen molar-refractivity contribution in [3.63, 3.8) is 0 Å². The second-order valence-electron chi connectivity index (χ2n) is 5.41. The first-order valence-electron chi connectivity index (χ1n) is 7.34. The molecule has 0 spiro atoms. The minimum Gasteiger partial charge on any atom is -0.384 e. The van der Waals surface area contributed by atoms with Crippen LogP contribution >= 0.6 is 0 Å². The van der Waals surface area contributed by atoms with E-state index in [-0.39, 0.29) is 0 Å². The first-order valence-corrected chi connectivity index (χ1v) is 7.34. The standard InChI is InChI=1S/C15H21N5O/c1-3-20-15-13(11-21-2)9-19(10-14(15)17-18-20)8-12-4-6-16-7-5-12/h4-7,13H,3,8-11H2,1-2H3/t13-/m1/s1. The first kappa shape index (κ1) is 14.2. The molecule has 6 heteroatoms. The molecule has 0 saturated carbocycles. The highest BCUT2D eigenvalue weighted by Gasteiger charge is 2.30. The van der Waals surface area contributed by atoms with E-state index in [9.17, 15) is 0 Å². The third kappa shape index (κ3) is 2.96. The van der Waals surface area contributed by atoms with Gasteiger partial charge in [-0.15, -0.1) is 5.10 Å². The Morgan fingerprint density at radius 2 is 2.14 bits per heavy atom. The average molecular weight is 287 g/mol. The third-order valence-corrected chi connectivity index (χ3v) is 3.91. The monoisotopic (exact) mass is 287 g/mol. The molecular weight excluding hydrogens is 266 g/mol. The van der Waals surface area contributed by atoms with Gasteiger partial charge in [-0.1, -0.05) is 5.21 Å². The van der Waals surface area contributed by atoms with E-state index in [4.69, 9.17) is 4.74 Å². The molecule has 112 valence electrons. The average Bonchev–Trinajstić information content (AvgIpc) is 2.92. The molecule has 1 aliphatic rings. The van der Waals surface area contributed by atoms with Crippen molar-refractivity contribution >= 4 is 0 Å². The number of aromatic nitrogens is 4. The topological polar surface area (TPSA) is 56.1 Å². The second kappa shape index (κ2) is 6.32. The van der Waals surface area contributed by atoms with Gasteiger partial charge in [0.05, 0.1) is 12.3 Å². The van der Waals surface area contributed by atoms with E-state index >= 15 is 0 Å². The van der Waals surface area contributed by atoms with Gasteiger partial charge in [0, 0.05) is 51.6 Å². The van der Waals surface area contributed by atoms with Crippen molar-refractivity contribution in [3.05, 3.63) is 41.5 Å². The minimum atomic E-state index is 0.329. The highest BCUT2D eigenvalue weighted by atomic mass is 16.5. The lowest BCUT2D eigenvalue weighted by molar-refractivity contribution is 0.131. The number of hydrogen-bond acceptors (Lipinski definition) is 5. The molecular formula is C15H21N5O. The SMILES string of the molecule is CCn1nnc2c1[C@@H](COC)CN(Cc1ccncc1)C2. The molecule has 0 unspecified atom stereocenters. The van der Waals surface area contributed by atoms with Crippen LogP contribution in [0.15, 0.2) is 24.5 Å². The van der Waals surface area contributed by atoms with Crippen LogP contribution in [0.2, 0.25) is 0 Å². The zero-order valence-electron chi connectivity index (χ0n) is 12.6. The van der Waals surface area contributed by atoms with Crippen LogP contribution in [0, 0.1) is 0 Å². The zero-order valence-corrected chi connectivity index (χ0v) is 12.6. The summed E-state index contributed by atoms with van der Waals surface area (Å²) in [7, 11) is 1.75. The van der Waals surface area contributed by atoms with Gasteiger partial charge in [0.1, 0.15) is 5.69 Å². The predicted octanol–water partition coefficient (Wildman–Crippen LogP) is 1.44. The Morgan fingerprint density at radius 1 is 1.33 bits per heavy atom. The molecule has 6 nitrogen and oxygen atoms in total. The van der Waals surface area contributed by atoms with Gasteiger partial charge in [-0.2, -0.15) is 0 Å². The van der Waals surface area contributed by atoms with Crippen LogP contribution in [0.4, 0.5) is 0 Å². The van der Waals surface area contributed by atoms with E-state index in [1.54, 1.807) is 7.11 Å². The van der Waals surface area contributed by atoms with E-state index < -0.39 is 0 Å². The summed E-state index contributed by atoms with van der Waals surface area (Å²) in [6.45, 7) is 6.37. The maximum atomic E-state index is 5.40. The number of rotatable bonds is 5. The molecule has 0 aromatic carbocycles. The molecule has 1 atom stereocenters. The molecule has 21 heavy (non-hydrogen) atoms. The number of hydrogen-bond donors (Lipinski definition) is 0. The lowest BCUT2D eigenvalue weighted by atomic mass is 9.98. The van der Waals surface area contributed by atoms with Crippen LogP contribution in [0.5, 0.6) is 0 Å². The Balaban J connectivity index is 1.81. The Kier molecular flexibility index (Phi) is 4.26. The highest BCUT2D eigenvalue weighted by molar-refractivity contribution is 5.21. The van der Waals surface area contributed by atoms with Crippen LogP contribution < -0.4 is 0 Å². The molecule has 0 bridgehead atoms. The molecule has 1 aliphatic heterocycles. The highest BCUT2D eigenvalue weighted by Crippen LogP contribution is 2.28. The molecule has 0 N–H and O–H groups in total. The Morgan fingerprint density at radius 3 is 2.86 bits per heavy atom. The first-order chi connectivity index (χ1) is 10.3. The summed E-state index contributed by atoms with van der Waals surface area (Å²) in [6, 6.07) is 4.12. The minimum absolute atomic E-state index is 0.329. The maximum Gasteiger partial charge on any atom is 0.100 e. The molecule has 3 heterocycles. The molecule has 0 saturated heterocycles. The van der Waals surface area contributed by atoms with Crippen LogP contribution in [-0.2, 0) is 24.4 Å². The van der Waals surface area contributed by atoms with Gasteiger partial charge in [0.15, 0.2) is 0 Å². The Hall–Kier alpha value is -1.79. The summed E-state index contributed by atoms with van der Waals surface area (Å²) in [6.07, 6.45) is 3.68. The van der Waals surface area contributed by atoms with Crippen molar-refractivity contribution in [1.82, 2.24) is 24.9 Å². The summed E-state index contributed by atoms with van der Waals surface area (Å²) in [5.74, 6) is 0.329. The van der Waals surface area contributed by atoms with Crippen molar-refractivity contribution in [2.75, 3.05) is 20.3 Å². The van der Waals surface area contributed by atoms with Gasteiger partial charge in [-0.05, 0) is 24.6 Å². The summed E-state index contributed by atoms with van der Waals surface area (Å²) in [5, 5.41) is 8.62. The number of nitrogens with zero attached hydrogens (tertiary/aromatic N) is 5. The molecule has 3 rings (SSSR count). The fourth-order valence-electron chi connectivity index (χ4n) is 3.02. The van der Waals surface area contributed by atoms with Crippen LogP contribution in [-0.4, -0.2) is 45.1 Å². The van der Waals surface area contributed by atoms with Crippen molar-refractivity contribution in [2.45, 2.75) is 32.5 Å². The smallest absolute Gasteiger partial charge is 0.100 e. The molecule has 0 amide bonds. The third-order valence-electron chi connectivity index (χ3n) is 3.91. The van der Waals surface area contributed by atoms with Crippen molar-refractivity contribution < 1.29 is 4.74 Å². The van der Waals surface area contributed by atoms with E-state index in [2.05, 4.69) is 39.3 Å². The summed E-state index contributed by atoms with van der Waals surface area (Å²) >= 11 is 0. The van der Waals surface area contributed by atoms with Gasteiger partial charge in [-0.25, -0.2) is 4.68 Å². The number of fused-ring (bicyclic) bond motifs is 1. The molecule has 0 aliphatic carbocycles. The Bertz CT molecular complexity index is 583. The quantitative estimate of drug-likeness (QED) is 0.833. The number of aryl methyl sites for hydroxylation is 1. The van der Waals surface area contributed by atoms with Crippen molar-refractivity contribution in [3.8, 4) is 0 Å². The van der Waals surface area contributed by atoms with E-state index in [0.29, 0.717) is 12.5 Å². The lowest BCUT2D eigenvalue weighted by Gasteiger charge is -2.32. The normalized spacial score (nSPS) is 18.7. The van der Waals surface area contributed by atoms with E-state index in [1.165, 1.54) is 11.3 Å². The zero-order chi connectivity index (χ0) is 14.7. The fraction of sp³-hybridized carbons (Fsp3) is 0.533. The number of ether oxygens (including phenoxy) is 1. The predicted molar refractivity (Wildman–Crippen MR) is 78.7 cm³/mol. The summed E-state index contributed by atoms with van der Waals surface area (Å²) < 4.78 is 7.40. The van der Waals surface area contributed by atoms with E-state index in [0.717, 1.165) is 31.9 Å². The van der Waals surface area contributed by atoms with Gasteiger partial charge in [-0.3, -0.25) is 9.88 Å². The molecule has 0 fully saturated rings.